The molecule has 4 unspecified atom stereocenters. The number of carbonyl (C=O) groups is 2. The molecule has 0 aromatic rings. The zero-order valence-corrected chi connectivity index (χ0v) is 9.59. The van der Waals surface area contributed by atoms with Gasteiger partial charge in [0.15, 0.2) is 12.4 Å². The van der Waals surface area contributed by atoms with Crippen LogP contribution >= 0.6 is 0 Å². The van der Waals surface area contributed by atoms with E-state index in [0.717, 1.165) is 0 Å². The molecule has 0 aromatic carbocycles. The summed E-state index contributed by atoms with van der Waals surface area (Å²) in [4.78, 5) is 21.8. The predicted octanol–water partition coefficient (Wildman–Crippen LogP) is -3.83. The van der Waals surface area contributed by atoms with E-state index >= 15 is 0 Å². The Bertz CT molecular complexity index is 337. The summed E-state index contributed by atoms with van der Waals surface area (Å²) < 4.78 is 9.84. The van der Waals surface area contributed by atoms with Crippen LogP contribution in [0.25, 0.3) is 0 Å². The highest BCUT2D eigenvalue weighted by molar-refractivity contribution is 5.80. The molecule has 0 bridgehead atoms. The third kappa shape index (κ3) is 2.94. The lowest BCUT2D eigenvalue weighted by Gasteiger charge is -2.39. The van der Waals surface area contributed by atoms with Crippen LogP contribution in [0.4, 0.5) is 0 Å². The zero-order chi connectivity index (χ0) is 14.0. The topological polar surface area (TPSA) is 165 Å². The van der Waals surface area contributed by atoms with Gasteiger partial charge in [0.1, 0.15) is 24.4 Å². The molecule has 1 fully saturated rings. The molecule has 9 heteroatoms. The second kappa shape index (κ2) is 5.59. The van der Waals surface area contributed by atoms with E-state index in [1.807, 2.05) is 0 Å². The molecular weight excluding hydrogens is 248 g/mol. The minimum atomic E-state index is -1.69. The van der Waals surface area contributed by atoms with Crippen molar-refractivity contribution < 1.29 is 34.4 Å². The number of ether oxygens (including phenoxy) is 2. The molecule has 2 amide bonds. The van der Waals surface area contributed by atoms with E-state index in [1.54, 1.807) is 0 Å². The molecule has 1 rings (SSSR count). The molecule has 9 nitrogen and oxygen atoms in total. The number of rotatable bonds is 4. The van der Waals surface area contributed by atoms with E-state index in [9.17, 15) is 24.9 Å². The van der Waals surface area contributed by atoms with Crippen molar-refractivity contribution >= 4 is 11.8 Å². The Kier molecular flexibility index (Phi) is 4.59. The van der Waals surface area contributed by atoms with Crippen LogP contribution in [0.1, 0.15) is 6.92 Å². The van der Waals surface area contributed by atoms with Gasteiger partial charge in [0.25, 0.3) is 0 Å². The summed E-state index contributed by atoms with van der Waals surface area (Å²) in [6, 6.07) is 0. The van der Waals surface area contributed by atoms with Crippen molar-refractivity contribution in [3.8, 4) is 0 Å². The number of hydrogen-bond donors (Lipinski definition) is 5. The maximum atomic E-state index is 11.0. The first-order valence-electron chi connectivity index (χ1n) is 5.19. The second-order valence-corrected chi connectivity index (χ2v) is 3.98. The van der Waals surface area contributed by atoms with Gasteiger partial charge in [-0.3, -0.25) is 9.59 Å². The summed E-state index contributed by atoms with van der Waals surface area (Å²) in [6.07, 6.45) is -9.17. The van der Waals surface area contributed by atoms with E-state index in [2.05, 4.69) is 0 Å². The fourth-order valence-corrected chi connectivity index (χ4v) is 1.46. The van der Waals surface area contributed by atoms with Gasteiger partial charge in [-0.05, 0) is 6.92 Å². The summed E-state index contributed by atoms with van der Waals surface area (Å²) in [5, 5.41) is 28.5. The van der Waals surface area contributed by atoms with Crippen molar-refractivity contribution in [1.29, 1.82) is 0 Å². The Labute approximate surface area is 102 Å². The molecule has 1 heterocycles. The van der Waals surface area contributed by atoms with Crippen LogP contribution in [0, 0.1) is 0 Å². The predicted molar refractivity (Wildman–Crippen MR) is 55.6 cm³/mol. The molecule has 0 aromatic heterocycles. The van der Waals surface area contributed by atoms with Crippen LogP contribution in [0.3, 0.4) is 0 Å². The van der Waals surface area contributed by atoms with Gasteiger partial charge in [0.2, 0.25) is 11.8 Å². The molecule has 1 aliphatic rings. The van der Waals surface area contributed by atoms with Crippen LogP contribution in [-0.2, 0) is 19.1 Å². The highest BCUT2D eigenvalue weighted by Gasteiger charge is 2.47. The van der Waals surface area contributed by atoms with Crippen molar-refractivity contribution in [2.75, 3.05) is 0 Å². The highest BCUT2D eigenvalue weighted by Crippen LogP contribution is 2.22. The largest absolute Gasteiger partial charge is 0.387 e. The summed E-state index contributed by atoms with van der Waals surface area (Å²) in [5.74, 6) is -1.85. The van der Waals surface area contributed by atoms with Crippen molar-refractivity contribution in [1.82, 2.24) is 0 Å². The maximum absolute atomic E-state index is 11.0. The van der Waals surface area contributed by atoms with Crippen molar-refractivity contribution in [2.24, 2.45) is 11.5 Å². The standard InChI is InChI=1S/C9H16N2O7/c1-2(7(10)15)17-9-5(14)3(12)4(13)6(18-9)8(11)16/h2-6,9,12-14H,1H3,(H2,10,15)(H2,11,16)/t2?,3?,4-,5?,6?,9+/m0/s1. The first kappa shape index (κ1) is 14.8. The van der Waals surface area contributed by atoms with Gasteiger partial charge in [-0.2, -0.15) is 0 Å². The van der Waals surface area contributed by atoms with Gasteiger partial charge in [-0.1, -0.05) is 0 Å². The van der Waals surface area contributed by atoms with Crippen LogP contribution in [0.5, 0.6) is 0 Å². The first-order chi connectivity index (χ1) is 8.25. The van der Waals surface area contributed by atoms with Crippen LogP contribution in [0.2, 0.25) is 0 Å². The Morgan fingerprint density at radius 3 is 2.17 bits per heavy atom. The number of amides is 2. The SMILES string of the molecule is CC(O[C@@H]1OC(C(N)=O)[C@@H](O)C(O)C1O)C(N)=O. The minimum absolute atomic E-state index is 0.818. The van der Waals surface area contributed by atoms with Gasteiger partial charge >= 0.3 is 0 Å². The Hall–Kier alpha value is -1.26. The van der Waals surface area contributed by atoms with Gasteiger partial charge in [-0.15, -0.1) is 0 Å². The lowest BCUT2D eigenvalue weighted by molar-refractivity contribution is -0.296. The highest BCUT2D eigenvalue weighted by atomic mass is 16.7. The Balaban J connectivity index is 2.79. The number of primary amides is 2. The zero-order valence-electron chi connectivity index (χ0n) is 9.59. The lowest BCUT2D eigenvalue weighted by atomic mass is 9.98. The molecule has 7 N–H and O–H groups in total. The summed E-state index contributed by atoms with van der Waals surface area (Å²) in [5.41, 5.74) is 9.90. The summed E-state index contributed by atoms with van der Waals surface area (Å²) >= 11 is 0. The van der Waals surface area contributed by atoms with E-state index in [1.165, 1.54) is 6.92 Å². The van der Waals surface area contributed by atoms with Crippen LogP contribution in [0.15, 0.2) is 0 Å². The van der Waals surface area contributed by atoms with Crippen LogP contribution < -0.4 is 11.5 Å². The van der Waals surface area contributed by atoms with E-state index in [4.69, 9.17) is 20.9 Å². The van der Waals surface area contributed by atoms with Gasteiger partial charge < -0.3 is 36.3 Å². The second-order valence-electron chi connectivity index (χ2n) is 3.98. The fourth-order valence-electron chi connectivity index (χ4n) is 1.46. The molecule has 1 aliphatic heterocycles. The van der Waals surface area contributed by atoms with Gasteiger partial charge in [0, 0.05) is 0 Å². The molecule has 0 radical (unpaired) electrons. The molecule has 6 atom stereocenters. The van der Waals surface area contributed by atoms with E-state index < -0.39 is 48.6 Å². The average Bonchev–Trinajstić information content (AvgIpc) is 2.29. The molecule has 0 aliphatic carbocycles. The van der Waals surface area contributed by atoms with Crippen molar-refractivity contribution in [3.05, 3.63) is 0 Å². The first-order valence-corrected chi connectivity index (χ1v) is 5.19. The molecule has 104 valence electrons. The van der Waals surface area contributed by atoms with E-state index in [0.29, 0.717) is 0 Å². The number of carbonyl (C=O) groups excluding carboxylic acids is 2. The van der Waals surface area contributed by atoms with Gasteiger partial charge in [0.05, 0.1) is 0 Å². The number of aliphatic hydroxyl groups is 3. The fraction of sp³-hybridized carbons (Fsp3) is 0.778. The minimum Gasteiger partial charge on any atom is -0.387 e. The van der Waals surface area contributed by atoms with Crippen LogP contribution in [-0.4, -0.2) is 63.9 Å². The third-order valence-electron chi connectivity index (χ3n) is 2.59. The van der Waals surface area contributed by atoms with Gasteiger partial charge in [-0.25, -0.2) is 0 Å². The normalized spacial score (nSPS) is 38.1. The van der Waals surface area contributed by atoms with Crippen molar-refractivity contribution in [3.63, 3.8) is 0 Å². The summed E-state index contributed by atoms with van der Waals surface area (Å²) in [7, 11) is 0. The molecule has 0 spiro atoms. The average molecular weight is 264 g/mol. The monoisotopic (exact) mass is 264 g/mol. The summed E-state index contributed by atoms with van der Waals surface area (Å²) in [6.45, 7) is 1.30. The quantitative estimate of drug-likeness (QED) is 0.347. The van der Waals surface area contributed by atoms with Crippen molar-refractivity contribution in [2.45, 2.75) is 43.7 Å². The maximum Gasteiger partial charge on any atom is 0.249 e. The molecule has 0 saturated carbocycles. The number of aliphatic hydroxyl groups excluding tert-OH is 3. The lowest BCUT2D eigenvalue weighted by Crippen LogP contribution is -2.62. The number of hydrogen-bond acceptors (Lipinski definition) is 7. The molecule has 1 saturated heterocycles. The molecule has 18 heavy (non-hydrogen) atoms. The smallest absolute Gasteiger partial charge is 0.249 e. The third-order valence-corrected chi connectivity index (χ3v) is 2.59. The van der Waals surface area contributed by atoms with E-state index in [-0.39, 0.29) is 0 Å². The Morgan fingerprint density at radius 1 is 1.17 bits per heavy atom. The Morgan fingerprint density at radius 2 is 1.72 bits per heavy atom. The number of nitrogens with two attached hydrogens (primary N) is 2. The molecular formula is C9H16N2O7.